The molecule has 4 atom stereocenters. The fourth-order valence-electron chi connectivity index (χ4n) is 1.06. The Morgan fingerprint density at radius 3 is 1.12 bits per heavy atom. The predicted molar refractivity (Wildman–Crippen MR) is 80.5 cm³/mol. The van der Waals surface area contributed by atoms with Gasteiger partial charge >= 0.3 is 23.9 Å². The molecule has 0 saturated heterocycles. The summed E-state index contributed by atoms with van der Waals surface area (Å²) in [6.07, 6.45) is -9.06. The van der Waals surface area contributed by atoms with E-state index in [4.69, 9.17) is 40.9 Å². The molecule has 9 N–H and O–H groups in total. The molecule has 2 unspecified atom stereocenters. The van der Waals surface area contributed by atoms with Crippen molar-refractivity contribution in [1.29, 1.82) is 0 Å². The first-order chi connectivity index (χ1) is 11.8. The molecule has 1 heterocycles. The Balaban J connectivity index is 0. The molecule has 0 aliphatic carbocycles. The highest BCUT2D eigenvalue weighted by Gasteiger charge is 2.30. The van der Waals surface area contributed by atoms with Crippen molar-refractivity contribution < 1.29 is 60.0 Å². The Kier molecular flexibility index (Phi) is 12.3. The van der Waals surface area contributed by atoms with Crippen LogP contribution in [0.4, 0.5) is 0 Å². The van der Waals surface area contributed by atoms with Crippen molar-refractivity contribution in [2.24, 2.45) is 4.99 Å². The second-order valence-electron chi connectivity index (χ2n) is 4.53. The van der Waals surface area contributed by atoms with Crippen LogP contribution in [0, 0.1) is 0 Å². The number of hydrogen-bond donors (Lipinski definition) is 9. The van der Waals surface area contributed by atoms with Crippen LogP contribution in [0.5, 0.6) is 0 Å². The molecule has 0 radical (unpaired) electrons. The van der Waals surface area contributed by atoms with Crippen LogP contribution in [0.15, 0.2) is 4.99 Å². The molecule has 26 heavy (non-hydrogen) atoms. The van der Waals surface area contributed by atoms with Crippen LogP contribution < -0.4 is 5.32 Å². The van der Waals surface area contributed by atoms with Crippen molar-refractivity contribution in [3.63, 3.8) is 0 Å². The van der Waals surface area contributed by atoms with Gasteiger partial charge in [0.2, 0.25) is 0 Å². The average Bonchev–Trinajstić information content (AvgIpc) is 3.03. The molecule has 0 spiro atoms. The van der Waals surface area contributed by atoms with Gasteiger partial charge in [0.25, 0.3) is 0 Å². The van der Waals surface area contributed by atoms with Crippen molar-refractivity contribution in [1.82, 2.24) is 5.32 Å². The predicted octanol–water partition coefficient (Wildman–Crippen LogP) is -4.24. The molecule has 0 bridgehead atoms. The van der Waals surface area contributed by atoms with Crippen LogP contribution in [-0.4, -0.2) is 108 Å². The number of hydrogen-bond acceptors (Lipinski definition) is 10. The normalized spacial score (nSPS) is 16.7. The van der Waals surface area contributed by atoms with Gasteiger partial charge in [-0.15, -0.1) is 0 Å². The van der Waals surface area contributed by atoms with Crippen LogP contribution in [0.1, 0.15) is 6.92 Å². The first kappa shape index (κ1) is 25.4. The van der Waals surface area contributed by atoms with Gasteiger partial charge < -0.3 is 46.2 Å². The van der Waals surface area contributed by atoms with Gasteiger partial charge in [0.1, 0.15) is 0 Å². The topological polar surface area (TPSA) is 255 Å². The molecule has 1 aliphatic rings. The maximum atomic E-state index is 9.77. The van der Waals surface area contributed by atoms with Crippen molar-refractivity contribution in [3.05, 3.63) is 0 Å². The van der Waals surface area contributed by atoms with Crippen molar-refractivity contribution >= 4 is 29.7 Å². The van der Waals surface area contributed by atoms with Crippen LogP contribution in [0.25, 0.3) is 0 Å². The lowest BCUT2D eigenvalue weighted by molar-refractivity contribution is -0.165. The Labute approximate surface area is 145 Å². The highest BCUT2D eigenvalue weighted by molar-refractivity contribution is 5.83. The van der Waals surface area contributed by atoms with Crippen LogP contribution in [0.3, 0.4) is 0 Å². The molecule has 0 fully saturated rings. The molecule has 14 heteroatoms. The fourth-order valence-corrected chi connectivity index (χ4v) is 1.06. The van der Waals surface area contributed by atoms with Crippen LogP contribution >= 0.6 is 0 Å². The third-order valence-electron chi connectivity index (χ3n) is 2.45. The lowest BCUT2D eigenvalue weighted by Gasteiger charge is -2.07. The second kappa shape index (κ2) is 12.5. The Hall–Kier alpha value is -2.81. The summed E-state index contributed by atoms with van der Waals surface area (Å²) in [7, 11) is 0. The van der Waals surface area contributed by atoms with E-state index in [2.05, 4.69) is 10.3 Å². The van der Waals surface area contributed by atoms with Crippen molar-refractivity contribution in [3.8, 4) is 0 Å². The van der Waals surface area contributed by atoms with E-state index in [1.807, 2.05) is 6.92 Å². The number of aliphatic imine (C=N–C) groups is 1. The van der Waals surface area contributed by atoms with Gasteiger partial charge in [0.15, 0.2) is 24.4 Å². The number of carbonyl (C=O) groups is 4. The number of nitrogens with one attached hydrogen (secondary N) is 1. The molecular formula is C12H20N2O12. The summed E-state index contributed by atoms with van der Waals surface area (Å²) in [6, 6.07) is 0. The number of nitrogens with zero attached hydrogens (tertiary/aromatic N) is 1. The molecule has 0 saturated carbocycles. The second-order valence-corrected chi connectivity index (χ2v) is 4.53. The zero-order valence-corrected chi connectivity index (χ0v) is 13.4. The van der Waals surface area contributed by atoms with Gasteiger partial charge in [0.05, 0.1) is 12.4 Å². The first-order valence-corrected chi connectivity index (χ1v) is 6.71. The molecular weight excluding hydrogens is 364 g/mol. The number of carboxylic acids is 4. The van der Waals surface area contributed by atoms with Crippen LogP contribution in [0.2, 0.25) is 0 Å². The lowest BCUT2D eigenvalue weighted by Crippen LogP contribution is -2.39. The molecule has 0 aromatic carbocycles. The minimum Gasteiger partial charge on any atom is -0.479 e. The summed E-state index contributed by atoms with van der Waals surface area (Å²) in [5, 5.41) is 68.1. The maximum absolute atomic E-state index is 9.77. The van der Waals surface area contributed by atoms with Gasteiger partial charge in [-0.05, 0) is 6.92 Å². The van der Waals surface area contributed by atoms with Crippen molar-refractivity contribution in [2.75, 3.05) is 13.1 Å². The van der Waals surface area contributed by atoms with Crippen LogP contribution in [-0.2, 0) is 19.2 Å². The first-order valence-electron chi connectivity index (χ1n) is 6.71. The van der Waals surface area contributed by atoms with E-state index in [0.29, 0.717) is 0 Å². The molecule has 150 valence electrons. The smallest absolute Gasteiger partial charge is 0.335 e. The highest BCUT2D eigenvalue weighted by Crippen LogP contribution is 1.93. The largest absolute Gasteiger partial charge is 0.479 e. The number of carboxylic acid groups (broad SMARTS) is 4. The van der Waals surface area contributed by atoms with Gasteiger partial charge in [-0.2, -0.15) is 0 Å². The van der Waals surface area contributed by atoms with E-state index in [0.717, 1.165) is 18.9 Å². The minimum atomic E-state index is -2.27. The fraction of sp³-hybridized carbons (Fsp3) is 0.583. The zero-order valence-electron chi connectivity index (χ0n) is 13.4. The van der Waals surface area contributed by atoms with E-state index in [-0.39, 0.29) is 0 Å². The summed E-state index contributed by atoms with van der Waals surface area (Å²) in [5.41, 5.74) is 0. The summed E-state index contributed by atoms with van der Waals surface area (Å²) in [6.45, 7) is 3.98. The standard InChI is InChI=1S/C4H8N2.2C4H6O6/c1-4-5-2-3-6-4;2*5-1(3(7)8)2(6)4(9)10/h2-3H2,1H3,(H,5,6);2*1-2,5-6H,(H,7,8)(H,9,10)/t;1-,2-;/m.1./s1. The molecule has 14 nitrogen and oxygen atoms in total. The number of aliphatic carboxylic acids is 4. The highest BCUT2D eigenvalue weighted by atomic mass is 16.4. The van der Waals surface area contributed by atoms with E-state index >= 15 is 0 Å². The zero-order chi connectivity index (χ0) is 21.0. The van der Waals surface area contributed by atoms with Crippen molar-refractivity contribution in [2.45, 2.75) is 31.3 Å². The summed E-state index contributed by atoms with van der Waals surface area (Å²) < 4.78 is 0. The third kappa shape index (κ3) is 10.9. The number of amidine groups is 1. The SMILES string of the molecule is CC1=NCCN1.O=C(O)C(O)C(O)C(=O)O.O=C(O)[C@H](O)[C@@H](O)C(=O)O. The molecule has 1 rings (SSSR count). The quantitative estimate of drug-likeness (QED) is 0.210. The molecule has 0 aromatic heterocycles. The van der Waals surface area contributed by atoms with Gasteiger partial charge in [-0.25, -0.2) is 19.2 Å². The van der Waals surface area contributed by atoms with Gasteiger partial charge in [-0.3, -0.25) is 4.99 Å². The summed E-state index contributed by atoms with van der Waals surface area (Å²) in [5.74, 6) is -6.00. The van der Waals surface area contributed by atoms with E-state index in [1.165, 1.54) is 0 Å². The Morgan fingerprint density at radius 1 is 0.769 bits per heavy atom. The number of aliphatic hydroxyl groups is 4. The number of aliphatic hydroxyl groups excluding tert-OH is 4. The Bertz CT molecular complexity index is 462. The monoisotopic (exact) mass is 384 g/mol. The molecule has 1 aliphatic heterocycles. The van der Waals surface area contributed by atoms with Gasteiger partial charge in [-0.1, -0.05) is 0 Å². The van der Waals surface area contributed by atoms with E-state index in [9.17, 15) is 19.2 Å². The van der Waals surface area contributed by atoms with Gasteiger partial charge in [0, 0.05) is 6.54 Å². The summed E-state index contributed by atoms with van der Waals surface area (Å²) in [4.78, 5) is 43.1. The number of rotatable bonds is 6. The average molecular weight is 384 g/mol. The Morgan fingerprint density at radius 2 is 1.04 bits per heavy atom. The lowest BCUT2D eigenvalue weighted by atomic mass is 10.2. The van der Waals surface area contributed by atoms with E-state index in [1.54, 1.807) is 0 Å². The maximum Gasteiger partial charge on any atom is 0.335 e. The van der Waals surface area contributed by atoms with E-state index < -0.39 is 48.3 Å². The molecule has 0 aromatic rings. The minimum absolute atomic E-state index is 0.964. The summed E-state index contributed by atoms with van der Waals surface area (Å²) >= 11 is 0. The molecule has 0 amide bonds. The third-order valence-corrected chi connectivity index (χ3v) is 2.45.